The summed E-state index contributed by atoms with van der Waals surface area (Å²) in [4.78, 5) is 14.4. The molecular weight excluding hydrogens is 326 g/mol. The van der Waals surface area contributed by atoms with Gasteiger partial charge in [-0.1, -0.05) is 0 Å². The van der Waals surface area contributed by atoms with Gasteiger partial charge in [-0.25, -0.2) is 8.78 Å². The van der Waals surface area contributed by atoms with Crippen molar-refractivity contribution in [3.63, 3.8) is 0 Å². The van der Waals surface area contributed by atoms with Crippen molar-refractivity contribution in [2.75, 3.05) is 13.7 Å². The SMILES string of the molecule is COc1ccc2[nH]c(-c3ccc(F)c(F)c3)c(CCNC(C)=O)c2c1. The molecule has 6 heteroatoms. The molecule has 1 heterocycles. The molecule has 2 N–H and O–H groups in total. The number of H-pyrrole nitrogens is 1. The average Bonchev–Trinajstić information content (AvgIpc) is 2.95. The van der Waals surface area contributed by atoms with Crippen LogP contribution in [0.1, 0.15) is 12.5 Å². The van der Waals surface area contributed by atoms with Gasteiger partial charge >= 0.3 is 0 Å². The fraction of sp³-hybridized carbons (Fsp3) is 0.211. The molecule has 3 aromatic rings. The Morgan fingerprint density at radius 2 is 1.96 bits per heavy atom. The molecule has 0 radical (unpaired) electrons. The predicted molar refractivity (Wildman–Crippen MR) is 92.6 cm³/mol. The second kappa shape index (κ2) is 6.93. The molecule has 0 aliphatic heterocycles. The van der Waals surface area contributed by atoms with Gasteiger partial charge in [0.1, 0.15) is 5.75 Å². The van der Waals surface area contributed by atoms with Gasteiger partial charge in [-0.3, -0.25) is 4.79 Å². The van der Waals surface area contributed by atoms with Crippen LogP contribution in [0.25, 0.3) is 22.2 Å². The minimum Gasteiger partial charge on any atom is -0.497 e. The lowest BCUT2D eigenvalue weighted by Crippen LogP contribution is -2.22. The number of carbonyl (C=O) groups excluding carboxylic acids is 1. The Hall–Kier alpha value is -2.89. The lowest BCUT2D eigenvalue weighted by atomic mass is 10.0. The molecule has 0 saturated heterocycles. The number of aromatic amines is 1. The topological polar surface area (TPSA) is 54.1 Å². The maximum absolute atomic E-state index is 13.7. The summed E-state index contributed by atoms with van der Waals surface area (Å²) in [6.07, 6.45) is 0.543. The second-order valence-electron chi connectivity index (χ2n) is 5.75. The number of aromatic nitrogens is 1. The second-order valence-corrected chi connectivity index (χ2v) is 5.75. The van der Waals surface area contributed by atoms with E-state index in [-0.39, 0.29) is 5.91 Å². The molecule has 0 bridgehead atoms. The Morgan fingerprint density at radius 3 is 2.64 bits per heavy atom. The first-order valence-electron chi connectivity index (χ1n) is 7.88. The third-order valence-corrected chi connectivity index (χ3v) is 4.07. The van der Waals surface area contributed by atoms with Crippen molar-refractivity contribution in [3.8, 4) is 17.0 Å². The van der Waals surface area contributed by atoms with Crippen molar-refractivity contribution >= 4 is 16.8 Å². The van der Waals surface area contributed by atoms with Crippen molar-refractivity contribution in [2.45, 2.75) is 13.3 Å². The first-order valence-corrected chi connectivity index (χ1v) is 7.88. The van der Waals surface area contributed by atoms with Crippen LogP contribution < -0.4 is 10.1 Å². The lowest BCUT2D eigenvalue weighted by molar-refractivity contribution is -0.118. The van der Waals surface area contributed by atoms with Gasteiger partial charge < -0.3 is 15.0 Å². The van der Waals surface area contributed by atoms with Crippen LogP contribution in [0.3, 0.4) is 0 Å². The minimum absolute atomic E-state index is 0.119. The fourth-order valence-corrected chi connectivity index (χ4v) is 2.88. The van der Waals surface area contributed by atoms with Gasteiger partial charge in [0.2, 0.25) is 5.91 Å². The van der Waals surface area contributed by atoms with Crippen molar-refractivity contribution in [2.24, 2.45) is 0 Å². The Kier molecular flexibility index (Phi) is 4.70. The zero-order valence-corrected chi connectivity index (χ0v) is 14.0. The summed E-state index contributed by atoms with van der Waals surface area (Å²) in [5, 5.41) is 3.68. The van der Waals surface area contributed by atoms with Crippen molar-refractivity contribution in [1.29, 1.82) is 0 Å². The lowest BCUT2D eigenvalue weighted by Gasteiger charge is -2.07. The molecule has 4 nitrogen and oxygen atoms in total. The molecule has 2 aromatic carbocycles. The number of fused-ring (bicyclic) bond motifs is 1. The highest BCUT2D eigenvalue weighted by Crippen LogP contribution is 2.33. The highest BCUT2D eigenvalue weighted by molar-refractivity contribution is 5.92. The van der Waals surface area contributed by atoms with Crippen LogP contribution in [0.4, 0.5) is 8.78 Å². The Balaban J connectivity index is 2.11. The molecule has 3 rings (SSSR count). The van der Waals surface area contributed by atoms with E-state index in [1.165, 1.54) is 19.1 Å². The van der Waals surface area contributed by atoms with Crippen LogP contribution in [-0.2, 0) is 11.2 Å². The standard InChI is InChI=1S/C19H18F2N2O2/c1-11(24)22-8-7-14-15-10-13(25-2)4-6-18(15)23-19(14)12-3-5-16(20)17(21)9-12/h3-6,9-10,23H,7-8H2,1-2H3,(H,22,24). The molecule has 0 spiro atoms. The van der Waals surface area contributed by atoms with Gasteiger partial charge in [-0.2, -0.15) is 0 Å². The normalized spacial score (nSPS) is 10.9. The summed E-state index contributed by atoms with van der Waals surface area (Å²) in [5.74, 6) is -1.21. The van der Waals surface area contributed by atoms with E-state index in [9.17, 15) is 13.6 Å². The number of methoxy groups -OCH3 is 1. The van der Waals surface area contributed by atoms with E-state index in [2.05, 4.69) is 10.3 Å². The molecule has 1 aromatic heterocycles. The maximum atomic E-state index is 13.7. The first kappa shape index (κ1) is 17.0. The molecule has 1 amide bonds. The summed E-state index contributed by atoms with van der Waals surface area (Å²) >= 11 is 0. The average molecular weight is 344 g/mol. The number of halogens is 2. The van der Waals surface area contributed by atoms with Gasteiger partial charge in [0.05, 0.1) is 7.11 Å². The van der Waals surface area contributed by atoms with Crippen LogP contribution in [0.5, 0.6) is 5.75 Å². The van der Waals surface area contributed by atoms with Gasteiger partial charge in [0.15, 0.2) is 11.6 Å². The molecule has 25 heavy (non-hydrogen) atoms. The van der Waals surface area contributed by atoms with Gasteiger partial charge in [0.25, 0.3) is 0 Å². The number of hydrogen-bond donors (Lipinski definition) is 2. The quantitative estimate of drug-likeness (QED) is 0.740. The van der Waals surface area contributed by atoms with Crippen LogP contribution in [-0.4, -0.2) is 24.5 Å². The third-order valence-electron chi connectivity index (χ3n) is 4.07. The van der Waals surface area contributed by atoms with Crippen LogP contribution in [0.2, 0.25) is 0 Å². The van der Waals surface area contributed by atoms with Crippen molar-refractivity contribution in [3.05, 3.63) is 53.6 Å². The van der Waals surface area contributed by atoms with Crippen LogP contribution >= 0.6 is 0 Å². The number of nitrogens with one attached hydrogen (secondary N) is 2. The zero-order valence-electron chi connectivity index (χ0n) is 14.0. The van der Waals surface area contributed by atoms with E-state index in [0.29, 0.717) is 30.0 Å². The summed E-state index contributed by atoms with van der Waals surface area (Å²) in [6.45, 7) is 1.89. The molecular formula is C19H18F2N2O2. The van der Waals surface area contributed by atoms with E-state index >= 15 is 0 Å². The molecule has 130 valence electrons. The number of amides is 1. The number of rotatable bonds is 5. The summed E-state index contributed by atoms with van der Waals surface area (Å²) in [5.41, 5.74) is 3.02. The first-order chi connectivity index (χ1) is 12.0. The number of benzene rings is 2. The fourth-order valence-electron chi connectivity index (χ4n) is 2.88. The number of ether oxygens (including phenoxy) is 1. The van der Waals surface area contributed by atoms with Gasteiger partial charge in [-0.15, -0.1) is 0 Å². The molecule has 0 aliphatic carbocycles. The Bertz CT molecular complexity index is 935. The molecule has 0 fully saturated rings. The zero-order chi connectivity index (χ0) is 18.0. The van der Waals surface area contributed by atoms with Crippen molar-refractivity contribution in [1.82, 2.24) is 10.3 Å². The van der Waals surface area contributed by atoms with E-state index in [0.717, 1.165) is 22.5 Å². The van der Waals surface area contributed by atoms with E-state index in [1.807, 2.05) is 18.2 Å². The maximum Gasteiger partial charge on any atom is 0.216 e. The molecule has 0 saturated carbocycles. The highest BCUT2D eigenvalue weighted by Gasteiger charge is 2.15. The largest absolute Gasteiger partial charge is 0.497 e. The molecule has 0 aliphatic rings. The third kappa shape index (κ3) is 3.47. The van der Waals surface area contributed by atoms with Gasteiger partial charge in [-0.05, 0) is 48.4 Å². The monoisotopic (exact) mass is 344 g/mol. The summed E-state index contributed by atoms with van der Waals surface area (Å²) in [7, 11) is 1.58. The Morgan fingerprint density at radius 1 is 1.16 bits per heavy atom. The minimum atomic E-state index is -0.901. The Labute approximate surface area is 143 Å². The predicted octanol–water partition coefficient (Wildman–Crippen LogP) is 3.80. The van der Waals surface area contributed by atoms with Crippen LogP contribution in [0.15, 0.2) is 36.4 Å². The molecule has 0 unspecified atom stereocenters. The van der Waals surface area contributed by atoms with E-state index in [1.54, 1.807) is 7.11 Å². The summed E-state index contributed by atoms with van der Waals surface area (Å²) in [6, 6.07) is 9.39. The number of hydrogen-bond acceptors (Lipinski definition) is 2. The summed E-state index contributed by atoms with van der Waals surface area (Å²) < 4.78 is 32.2. The van der Waals surface area contributed by atoms with Crippen molar-refractivity contribution < 1.29 is 18.3 Å². The van der Waals surface area contributed by atoms with Crippen LogP contribution in [0, 0.1) is 11.6 Å². The van der Waals surface area contributed by atoms with E-state index < -0.39 is 11.6 Å². The highest BCUT2D eigenvalue weighted by atomic mass is 19.2. The van der Waals surface area contributed by atoms with E-state index in [4.69, 9.17) is 4.74 Å². The number of carbonyl (C=O) groups is 1. The molecule has 0 atom stereocenters. The smallest absolute Gasteiger partial charge is 0.216 e. The van der Waals surface area contributed by atoms with Gasteiger partial charge in [0, 0.05) is 35.6 Å².